The molecule has 0 atom stereocenters. The van der Waals surface area contributed by atoms with E-state index in [1.165, 1.54) is 0 Å². The van der Waals surface area contributed by atoms with Crippen molar-refractivity contribution in [2.75, 3.05) is 12.4 Å². The van der Waals surface area contributed by atoms with Crippen LogP contribution in [0.15, 0.2) is 66.7 Å². The number of anilines is 2. The van der Waals surface area contributed by atoms with E-state index in [1.54, 1.807) is 7.11 Å². The summed E-state index contributed by atoms with van der Waals surface area (Å²) < 4.78 is 5.33. The summed E-state index contributed by atoms with van der Waals surface area (Å²) >= 11 is 0. The number of aliphatic hydroxyl groups excluding tert-OH is 1. The summed E-state index contributed by atoms with van der Waals surface area (Å²) in [5.74, 6) is 0.786. The number of nitrogens with one attached hydrogen (secondary N) is 1. The van der Waals surface area contributed by atoms with Crippen molar-refractivity contribution in [3.05, 3.63) is 72.3 Å². The molecule has 0 bridgehead atoms. The van der Waals surface area contributed by atoms with Crippen LogP contribution in [-0.4, -0.2) is 17.2 Å². The topological polar surface area (TPSA) is 54.4 Å². The Bertz CT molecular complexity index is 1040. The standard InChI is InChI=1S/C21H18N2O2/c1-25-16-10-11-18-20(12-16)23-19-5-3-2-4-17(19)21(18)22-15-8-6-14(13-24)7-9-15/h2-12,24H,13H2,1H3,(H,22,23). The van der Waals surface area contributed by atoms with Crippen LogP contribution in [0.1, 0.15) is 5.56 Å². The molecule has 1 heterocycles. The Kier molecular flexibility index (Phi) is 3.96. The number of rotatable bonds is 4. The van der Waals surface area contributed by atoms with Crippen molar-refractivity contribution in [1.29, 1.82) is 0 Å². The van der Waals surface area contributed by atoms with E-state index < -0.39 is 0 Å². The molecule has 124 valence electrons. The number of benzene rings is 3. The van der Waals surface area contributed by atoms with Gasteiger partial charge in [0.25, 0.3) is 0 Å². The van der Waals surface area contributed by atoms with Gasteiger partial charge in [-0.05, 0) is 35.9 Å². The van der Waals surface area contributed by atoms with Crippen LogP contribution in [0.3, 0.4) is 0 Å². The van der Waals surface area contributed by atoms with Crippen LogP contribution in [0, 0.1) is 0 Å². The van der Waals surface area contributed by atoms with Gasteiger partial charge < -0.3 is 15.2 Å². The number of fused-ring (bicyclic) bond motifs is 2. The minimum Gasteiger partial charge on any atom is -0.497 e. The normalized spacial score (nSPS) is 11.0. The van der Waals surface area contributed by atoms with Gasteiger partial charge in [-0.15, -0.1) is 0 Å². The fourth-order valence-electron chi connectivity index (χ4n) is 2.97. The number of hydrogen-bond acceptors (Lipinski definition) is 4. The Balaban J connectivity index is 1.91. The summed E-state index contributed by atoms with van der Waals surface area (Å²) in [5, 5.41) is 14.8. The predicted molar refractivity (Wildman–Crippen MR) is 101 cm³/mol. The van der Waals surface area contributed by atoms with E-state index in [1.807, 2.05) is 60.7 Å². The summed E-state index contributed by atoms with van der Waals surface area (Å²) in [7, 11) is 1.66. The molecule has 0 spiro atoms. The fourth-order valence-corrected chi connectivity index (χ4v) is 2.97. The Morgan fingerprint density at radius 2 is 1.68 bits per heavy atom. The number of nitrogens with zero attached hydrogens (tertiary/aromatic N) is 1. The first-order chi connectivity index (χ1) is 12.3. The van der Waals surface area contributed by atoms with Gasteiger partial charge in [0.2, 0.25) is 0 Å². The molecule has 25 heavy (non-hydrogen) atoms. The highest BCUT2D eigenvalue weighted by Gasteiger charge is 2.10. The monoisotopic (exact) mass is 330 g/mol. The van der Waals surface area contributed by atoms with Gasteiger partial charge in [-0.3, -0.25) is 0 Å². The molecule has 3 aromatic carbocycles. The average molecular weight is 330 g/mol. The zero-order valence-corrected chi connectivity index (χ0v) is 13.9. The molecule has 2 N–H and O–H groups in total. The lowest BCUT2D eigenvalue weighted by molar-refractivity contribution is 0.282. The third-order valence-electron chi connectivity index (χ3n) is 4.29. The number of ether oxygens (including phenoxy) is 1. The lowest BCUT2D eigenvalue weighted by atomic mass is 10.1. The molecular weight excluding hydrogens is 312 g/mol. The molecule has 0 unspecified atom stereocenters. The lowest BCUT2D eigenvalue weighted by Crippen LogP contribution is -1.96. The summed E-state index contributed by atoms with van der Waals surface area (Å²) in [4.78, 5) is 4.76. The van der Waals surface area contributed by atoms with Gasteiger partial charge in [0.15, 0.2) is 0 Å². The van der Waals surface area contributed by atoms with Crippen LogP contribution < -0.4 is 10.1 Å². The maximum Gasteiger partial charge on any atom is 0.121 e. The first-order valence-corrected chi connectivity index (χ1v) is 8.12. The summed E-state index contributed by atoms with van der Waals surface area (Å²) in [6.07, 6.45) is 0. The molecule has 0 saturated heterocycles. The molecule has 0 aliphatic carbocycles. The Morgan fingerprint density at radius 1 is 0.920 bits per heavy atom. The number of aromatic nitrogens is 1. The molecule has 4 rings (SSSR count). The first kappa shape index (κ1) is 15.4. The molecule has 0 radical (unpaired) electrons. The van der Waals surface area contributed by atoms with Gasteiger partial charge in [0, 0.05) is 22.5 Å². The van der Waals surface area contributed by atoms with Crippen LogP contribution in [-0.2, 0) is 6.61 Å². The average Bonchev–Trinajstić information content (AvgIpc) is 2.67. The van der Waals surface area contributed by atoms with E-state index >= 15 is 0 Å². The van der Waals surface area contributed by atoms with Gasteiger partial charge >= 0.3 is 0 Å². The predicted octanol–water partition coefficient (Wildman–Crippen LogP) is 4.63. The molecule has 0 aliphatic heterocycles. The van der Waals surface area contributed by atoms with Crippen molar-refractivity contribution in [2.45, 2.75) is 6.61 Å². The van der Waals surface area contributed by atoms with Crippen molar-refractivity contribution >= 4 is 33.2 Å². The van der Waals surface area contributed by atoms with Gasteiger partial charge in [-0.1, -0.05) is 30.3 Å². The number of pyridine rings is 1. The van der Waals surface area contributed by atoms with Gasteiger partial charge in [-0.25, -0.2) is 4.98 Å². The Morgan fingerprint density at radius 3 is 2.44 bits per heavy atom. The second kappa shape index (κ2) is 6.42. The molecule has 4 heteroatoms. The summed E-state index contributed by atoms with van der Waals surface area (Å²) in [6.45, 7) is 0.0429. The summed E-state index contributed by atoms with van der Waals surface area (Å²) in [6, 6.07) is 21.8. The molecule has 1 aromatic heterocycles. The number of aliphatic hydroxyl groups is 1. The van der Waals surface area contributed by atoms with Crippen molar-refractivity contribution < 1.29 is 9.84 Å². The highest BCUT2D eigenvalue weighted by Crippen LogP contribution is 2.34. The van der Waals surface area contributed by atoms with E-state index in [0.717, 1.165) is 44.5 Å². The molecule has 0 aliphatic rings. The second-order valence-corrected chi connectivity index (χ2v) is 5.87. The molecule has 0 saturated carbocycles. The zero-order valence-electron chi connectivity index (χ0n) is 13.9. The van der Waals surface area contributed by atoms with E-state index in [4.69, 9.17) is 9.72 Å². The SMILES string of the molecule is COc1ccc2c(Nc3ccc(CO)cc3)c3ccccc3nc2c1. The van der Waals surface area contributed by atoms with Crippen LogP contribution in [0.4, 0.5) is 11.4 Å². The third kappa shape index (κ3) is 2.88. The zero-order chi connectivity index (χ0) is 17.2. The number of para-hydroxylation sites is 1. The van der Waals surface area contributed by atoms with Crippen LogP contribution in [0.5, 0.6) is 5.75 Å². The quantitative estimate of drug-likeness (QED) is 0.536. The maximum absolute atomic E-state index is 9.21. The van der Waals surface area contributed by atoms with Crippen molar-refractivity contribution in [2.24, 2.45) is 0 Å². The first-order valence-electron chi connectivity index (χ1n) is 8.12. The lowest BCUT2D eigenvalue weighted by Gasteiger charge is -2.14. The second-order valence-electron chi connectivity index (χ2n) is 5.87. The molecule has 4 aromatic rings. The number of methoxy groups -OCH3 is 1. The summed E-state index contributed by atoms with van der Waals surface area (Å²) in [5.41, 5.74) is 4.68. The van der Waals surface area contributed by atoms with E-state index in [-0.39, 0.29) is 6.61 Å². The Hall–Kier alpha value is -3.11. The van der Waals surface area contributed by atoms with E-state index in [0.29, 0.717) is 0 Å². The molecular formula is C21H18N2O2. The largest absolute Gasteiger partial charge is 0.497 e. The van der Waals surface area contributed by atoms with Gasteiger partial charge in [-0.2, -0.15) is 0 Å². The molecule has 0 fully saturated rings. The van der Waals surface area contributed by atoms with Gasteiger partial charge in [0.1, 0.15) is 5.75 Å². The van der Waals surface area contributed by atoms with E-state index in [9.17, 15) is 5.11 Å². The van der Waals surface area contributed by atoms with Crippen LogP contribution in [0.2, 0.25) is 0 Å². The highest BCUT2D eigenvalue weighted by molar-refractivity contribution is 6.08. The Labute approximate surface area is 145 Å². The van der Waals surface area contributed by atoms with Crippen LogP contribution >= 0.6 is 0 Å². The molecule has 0 amide bonds. The number of hydrogen-bond donors (Lipinski definition) is 2. The van der Waals surface area contributed by atoms with Crippen molar-refractivity contribution in [3.8, 4) is 5.75 Å². The van der Waals surface area contributed by atoms with E-state index in [2.05, 4.69) is 11.4 Å². The smallest absolute Gasteiger partial charge is 0.121 e. The van der Waals surface area contributed by atoms with Gasteiger partial charge in [0.05, 0.1) is 30.4 Å². The van der Waals surface area contributed by atoms with Crippen molar-refractivity contribution in [1.82, 2.24) is 4.98 Å². The third-order valence-corrected chi connectivity index (χ3v) is 4.29. The minimum absolute atomic E-state index is 0.0429. The maximum atomic E-state index is 9.21. The minimum atomic E-state index is 0.0429. The fraction of sp³-hybridized carbons (Fsp3) is 0.0952. The van der Waals surface area contributed by atoms with Crippen molar-refractivity contribution in [3.63, 3.8) is 0 Å². The van der Waals surface area contributed by atoms with Crippen LogP contribution in [0.25, 0.3) is 21.8 Å². The highest BCUT2D eigenvalue weighted by atomic mass is 16.5. The molecule has 4 nitrogen and oxygen atoms in total.